The highest BCUT2D eigenvalue weighted by molar-refractivity contribution is 5.93. The van der Waals surface area contributed by atoms with E-state index in [4.69, 9.17) is 0 Å². The van der Waals surface area contributed by atoms with Gasteiger partial charge in [0.1, 0.15) is 11.5 Å². The van der Waals surface area contributed by atoms with Crippen molar-refractivity contribution in [3.8, 4) is 11.3 Å². The summed E-state index contributed by atoms with van der Waals surface area (Å²) in [4.78, 5) is 14.5. The molecule has 1 aliphatic rings. The van der Waals surface area contributed by atoms with Crippen molar-refractivity contribution in [2.45, 2.75) is 18.9 Å². The van der Waals surface area contributed by atoms with E-state index in [0.717, 1.165) is 18.4 Å². The summed E-state index contributed by atoms with van der Waals surface area (Å²) in [6.45, 7) is 1.32. The van der Waals surface area contributed by atoms with Crippen molar-refractivity contribution < 1.29 is 9.18 Å². The molecule has 1 saturated heterocycles. The molecule has 0 atom stereocenters. The van der Waals surface area contributed by atoms with Gasteiger partial charge in [0, 0.05) is 24.8 Å². The van der Waals surface area contributed by atoms with Gasteiger partial charge < -0.3 is 4.90 Å². The van der Waals surface area contributed by atoms with Gasteiger partial charge in [-0.25, -0.2) is 9.07 Å². The maximum absolute atomic E-state index is 13.0. The smallest absolute Gasteiger partial charge is 0.271 e. The first-order chi connectivity index (χ1) is 12.2. The fraction of sp³-hybridized carbons (Fsp3) is 0.294. The first-order valence-corrected chi connectivity index (χ1v) is 8.17. The Morgan fingerprint density at radius 3 is 2.64 bits per heavy atom. The molecule has 1 N–H and O–H groups in total. The summed E-state index contributed by atoms with van der Waals surface area (Å²) in [6, 6.07) is 8.02. The number of rotatable bonds is 3. The number of hydrogen-bond acceptors (Lipinski definition) is 4. The molecule has 8 heteroatoms. The molecule has 2 aromatic heterocycles. The number of H-pyrrole nitrogens is 1. The maximum atomic E-state index is 13.0. The minimum absolute atomic E-state index is 0.0714. The Morgan fingerprint density at radius 1 is 1.20 bits per heavy atom. The third kappa shape index (κ3) is 3.15. The molecule has 0 unspecified atom stereocenters. The molecule has 0 saturated carbocycles. The Balaban J connectivity index is 1.43. The van der Waals surface area contributed by atoms with Gasteiger partial charge in [0.15, 0.2) is 0 Å². The highest BCUT2D eigenvalue weighted by Crippen LogP contribution is 2.23. The number of aromatic nitrogens is 5. The number of likely N-dealkylation sites (tertiary alicyclic amines) is 1. The van der Waals surface area contributed by atoms with Gasteiger partial charge in [-0.1, -0.05) is 5.21 Å². The fourth-order valence-corrected chi connectivity index (χ4v) is 3.12. The molecule has 1 amide bonds. The van der Waals surface area contributed by atoms with Crippen LogP contribution < -0.4 is 0 Å². The second kappa shape index (κ2) is 6.46. The van der Waals surface area contributed by atoms with Crippen LogP contribution in [0, 0.1) is 5.82 Å². The minimum Gasteiger partial charge on any atom is -0.337 e. The topological polar surface area (TPSA) is 79.7 Å². The minimum atomic E-state index is -0.300. The second-order valence-corrected chi connectivity index (χ2v) is 6.08. The molecule has 0 aliphatic carbocycles. The molecule has 0 bridgehead atoms. The summed E-state index contributed by atoms with van der Waals surface area (Å²) in [5, 5.41) is 14.8. The van der Waals surface area contributed by atoms with Gasteiger partial charge in [-0.2, -0.15) is 5.10 Å². The van der Waals surface area contributed by atoms with Crippen LogP contribution in [0.2, 0.25) is 0 Å². The SMILES string of the molecule is O=C(c1cc(-c2ccc(F)cc2)n[nH]1)N1CCC(n2ccnn2)CC1. The van der Waals surface area contributed by atoms with Crippen LogP contribution in [0.3, 0.4) is 0 Å². The summed E-state index contributed by atoms with van der Waals surface area (Å²) in [5.41, 5.74) is 1.83. The summed E-state index contributed by atoms with van der Waals surface area (Å²) in [5.74, 6) is -0.372. The number of nitrogens with zero attached hydrogens (tertiary/aromatic N) is 5. The van der Waals surface area contributed by atoms with Gasteiger partial charge in [-0.15, -0.1) is 5.10 Å². The van der Waals surface area contributed by atoms with Crippen LogP contribution in [0.5, 0.6) is 0 Å². The Morgan fingerprint density at radius 2 is 1.96 bits per heavy atom. The van der Waals surface area contributed by atoms with Gasteiger partial charge in [0.2, 0.25) is 0 Å². The number of carbonyl (C=O) groups excluding carboxylic acids is 1. The van der Waals surface area contributed by atoms with E-state index in [0.29, 0.717) is 24.5 Å². The highest BCUT2D eigenvalue weighted by Gasteiger charge is 2.26. The van der Waals surface area contributed by atoms with Crippen LogP contribution in [-0.2, 0) is 0 Å². The van der Waals surface area contributed by atoms with Crippen molar-refractivity contribution in [1.29, 1.82) is 0 Å². The number of piperidine rings is 1. The summed E-state index contributed by atoms with van der Waals surface area (Å²) in [7, 11) is 0. The van der Waals surface area contributed by atoms with Crippen LogP contribution in [-0.4, -0.2) is 49.1 Å². The van der Waals surface area contributed by atoms with E-state index in [1.54, 1.807) is 24.4 Å². The predicted molar refractivity (Wildman–Crippen MR) is 88.2 cm³/mol. The molecule has 1 aromatic carbocycles. The van der Waals surface area contributed by atoms with Crippen LogP contribution in [0.15, 0.2) is 42.7 Å². The van der Waals surface area contributed by atoms with E-state index in [2.05, 4.69) is 20.5 Å². The number of aromatic amines is 1. The van der Waals surface area contributed by atoms with Crippen LogP contribution in [0.1, 0.15) is 29.4 Å². The zero-order chi connectivity index (χ0) is 17.2. The largest absolute Gasteiger partial charge is 0.337 e. The molecule has 0 spiro atoms. The summed E-state index contributed by atoms with van der Waals surface area (Å²) < 4.78 is 14.9. The summed E-state index contributed by atoms with van der Waals surface area (Å²) in [6.07, 6.45) is 5.20. The van der Waals surface area contributed by atoms with Crippen LogP contribution >= 0.6 is 0 Å². The molecule has 3 aromatic rings. The quantitative estimate of drug-likeness (QED) is 0.793. The Hall–Kier alpha value is -3.03. The monoisotopic (exact) mass is 340 g/mol. The Bertz CT molecular complexity index is 850. The van der Waals surface area contributed by atoms with E-state index >= 15 is 0 Å². The van der Waals surface area contributed by atoms with Crippen molar-refractivity contribution >= 4 is 5.91 Å². The molecular weight excluding hydrogens is 323 g/mol. The number of amides is 1. The zero-order valence-corrected chi connectivity index (χ0v) is 13.5. The standard InChI is InChI=1S/C17H17FN6O/c18-13-3-1-12(2-4-13)15-11-16(21-20-15)17(25)23-8-5-14(6-9-23)24-10-7-19-22-24/h1-4,7,10-11,14H,5-6,8-9H2,(H,20,21). The van der Waals surface area contributed by atoms with Crippen molar-refractivity contribution in [2.24, 2.45) is 0 Å². The number of halogens is 1. The molecule has 0 radical (unpaired) electrons. The number of carbonyl (C=O) groups is 1. The Kier molecular flexibility index (Phi) is 4.01. The maximum Gasteiger partial charge on any atom is 0.271 e. The van der Waals surface area contributed by atoms with Crippen LogP contribution in [0.25, 0.3) is 11.3 Å². The lowest BCUT2D eigenvalue weighted by atomic mass is 10.0. The summed E-state index contributed by atoms with van der Waals surface area (Å²) >= 11 is 0. The van der Waals surface area contributed by atoms with E-state index in [9.17, 15) is 9.18 Å². The van der Waals surface area contributed by atoms with Gasteiger partial charge in [-0.05, 0) is 43.2 Å². The first-order valence-electron chi connectivity index (χ1n) is 8.17. The predicted octanol–water partition coefficient (Wildman–Crippen LogP) is 2.28. The lowest BCUT2D eigenvalue weighted by Crippen LogP contribution is -2.39. The lowest BCUT2D eigenvalue weighted by Gasteiger charge is -2.31. The van der Waals surface area contributed by atoms with E-state index < -0.39 is 0 Å². The highest BCUT2D eigenvalue weighted by atomic mass is 19.1. The van der Waals surface area contributed by atoms with Crippen molar-refractivity contribution in [3.63, 3.8) is 0 Å². The Labute approximate surface area is 143 Å². The molecular formula is C17H17FN6O. The molecule has 1 fully saturated rings. The second-order valence-electron chi connectivity index (χ2n) is 6.08. The third-order valence-electron chi connectivity index (χ3n) is 4.52. The van der Waals surface area contributed by atoms with Gasteiger partial charge in [0.25, 0.3) is 5.91 Å². The number of benzene rings is 1. The fourth-order valence-electron chi connectivity index (χ4n) is 3.12. The molecule has 3 heterocycles. The van der Waals surface area contributed by atoms with Crippen molar-refractivity contribution in [2.75, 3.05) is 13.1 Å². The molecule has 7 nitrogen and oxygen atoms in total. The van der Waals surface area contributed by atoms with E-state index in [-0.39, 0.29) is 17.8 Å². The number of nitrogens with one attached hydrogen (secondary N) is 1. The number of hydrogen-bond donors (Lipinski definition) is 1. The average Bonchev–Trinajstić information content (AvgIpc) is 3.34. The molecule has 128 valence electrons. The van der Waals surface area contributed by atoms with Gasteiger partial charge >= 0.3 is 0 Å². The van der Waals surface area contributed by atoms with Crippen molar-refractivity contribution in [1.82, 2.24) is 30.1 Å². The zero-order valence-electron chi connectivity index (χ0n) is 13.5. The molecule has 4 rings (SSSR count). The lowest BCUT2D eigenvalue weighted by molar-refractivity contribution is 0.0683. The first kappa shape index (κ1) is 15.5. The molecule has 25 heavy (non-hydrogen) atoms. The normalized spacial score (nSPS) is 15.5. The molecule has 1 aliphatic heterocycles. The van der Waals surface area contributed by atoms with E-state index in [1.165, 1.54) is 12.1 Å². The van der Waals surface area contributed by atoms with Crippen molar-refractivity contribution in [3.05, 3.63) is 54.2 Å². The third-order valence-corrected chi connectivity index (χ3v) is 4.52. The average molecular weight is 340 g/mol. The van der Waals surface area contributed by atoms with Gasteiger partial charge in [-0.3, -0.25) is 9.89 Å². The van der Waals surface area contributed by atoms with Crippen LogP contribution in [0.4, 0.5) is 4.39 Å². The van der Waals surface area contributed by atoms with Gasteiger partial charge in [0.05, 0.1) is 17.9 Å². The van der Waals surface area contributed by atoms with E-state index in [1.807, 2.05) is 15.8 Å².